The van der Waals surface area contributed by atoms with Gasteiger partial charge < -0.3 is 10.6 Å². The van der Waals surface area contributed by atoms with Gasteiger partial charge in [-0.2, -0.15) is 11.8 Å². The Labute approximate surface area is 103 Å². The Balaban J connectivity index is 2.46. The molecule has 1 amide bonds. The van der Waals surface area contributed by atoms with Crippen molar-refractivity contribution in [2.75, 3.05) is 18.6 Å². The number of piperidine rings is 1. The lowest BCUT2D eigenvalue weighted by Crippen LogP contribution is -2.51. The minimum atomic E-state index is -0.302. The van der Waals surface area contributed by atoms with Crippen molar-refractivity contribution in [2.24, 2.45) is 11.7 Å². The van der Waals surface area contributed by atoms with Crippen LogP contribution in [0.15, 0.2) is 0 Å². The second-order valence-electron chi connectivity index (χ2n) is 4.90. The van der Waals surface area contributed by atoms with Crippen molar-refractivity contribution < 1.29 is 4.79 Å². The zero-order valence-electron chi connectivity index (χ0n) is 10.6. The van der Waals surface area contributed by atoms with Gasteiger partial charge in [0.2, 0.25) is 5.91 Å². The maximum atomic E-state index is 12.1. The lowest BCUT2D eigenvalue weighted by Gasteiger charge is -2.37. The summed E-state index contributed by atoms with van der Waals surface area (Å²) in [6.45, 7) is 5.27. The molecular weight excluding hydrogens is 220 g/mol. The average Bonchev–Trinajstić information content (AvgIpc) is 2.25. The summed E-state index contributed by atoms with van der Waals surface area (Å²) in [7, 11) is 0. The first-order chi connectivity index (χ1) is 7.56. The van der Waals surface area contributed by atoms with Gasteiger partial charge >= 0.3 is 0 Å². The molecule has 1 aliphatic heterocycles. The summed E-state index contributed by atoms with van der Waals surface area (Å²) in [4.78, 5) is 14.1. The SMILES string of the molecule is CSCC[C@@H](N)C(=O)N1CCC(C)CC1C. The van der Waals surface area contributed by atoms with Crippen LogP contribution in [0.25, 0.3) is 0 Å². The van der Waals surface area contributed by atoms with Gasteiger partial charge in [-0.3, -0.25) is 4.79 Å². The second kappa shape index (κ2) is 6.50. The number of nitrogens with zero attached hydrogens (tertiary/aromatic N) is 1. The first-order valence-electron chi connectivity index (χ1n) is 6.11. The van der Waals surface area contributed by atoms with E-state index in [4.69, 9.17) is 5.73 Å². The third-order valence-corrected chi connectivity index (χ3v) is 4.02. The largest absolute Gasteiger partial charge is 0.339 e. The van der Waals surface area contributed by atoms with Crippen molar-refractivity contribution in [3.8, 4) is 0 Å². The van der Waals surface area contributed by atoms with Crippen molar-refractivity contribution in [1.82, 2.24) is 4.90 Å². The van der Waals surface area contributed by atoms with Gasteiger partial charge in [-0.05, 0) is 44.1 Å². The molecule has 2 unspecified atom stereocenters. The van der Waals surface area contributed by atoms with Crippen LogP contribution in [0.3, 0.4) is 0 Å². The predicted octanol–water partition coefficient (Wildman–Crippen LogP) is 1.71. The van der Waals surface area contributed by atoms with E-state index in [1.54, 1.807) is 11.8 Å². The summed E-state index contributed by atoms with van der Waals surface area (Å²) < 4.78 is 0. The highest BCUT2D eigenvalue weighted by atomic mass is 32.2. The highest BCUT2D eigenvalue weighted by molar-refractivity contribution is 7.98. The van der Waals surface area contributed by atoms with Gasteiger partial charge in [-0.15, -0.1) is 0 Å². The van der Waals surface area contributed by atoms with Crippen LogP contribution >= 0.6 is 11.8 Å². The number of carbonyl (C=O) groups is 1. The molecule has 1 rings (SSSR count). The zero-order chi connectivity index (χ0) is 12.1. The number of thioether (sulfide) groups is 1. The minimum absolute atomic E-state index is 0.147. The number of nitrogens with two attached hydrogens (primary N) is 1. The molecule has 0 bridgehead atoms. The molecule has 1 heterocycles. The van der Waals surface area contributed by atoms with E-state index in [0.717, 1.165) is 37.5 Å². The van der Waals surface area contributed by atoms with E-state index in [9.17, 15) is 4.79 Å². The van der Waals surface area contributed by atoms with E-state index in [1.807, 2.05) is 11.2 Å². The lowest BCUT2D eigenvalue weighted by molar-refractivity contribution is -0.136. The summed E-state index contributed by atoms with van der Waals surface area (Å²) in [5.41, 5.74) is 5.93. The van der Waals surface area contributed by atoms with Crippen molar-refractivity contribution in [3.05, 3.63) is 0 Å². The van der Waals surface area contributed by atoms with Crippen LogP contribution in [0.5, 0.6) is 0 Å². The van der Waals surface area contributed by atoms with Gasteiger partial charge in [-0.25, -0.2) is 0 Å². The topological polar surface area (TPSA) is 46.3 Å². The second-order valence-corrected chi connectivity index (χ2v) is 5.88. The summed E-state index contributed by atoms with van der Waals surface area (Å²) in [5, 5.41) is 0. The Bertz CT molecular complexity index is 235. The Morgan fingerprint density at radius 2 is 2.25 bits per heavy atom. The molecule has 94 valence electrons. The maximum absolute atomic E-state index is 12.1. The average molecular weight is 244 g/mol. The number of hydrogen-bond acceptors (Lipinski definition) is 3. The highest BCUT2D eigenvalue weighted by Gasteiger charge is 2.29. The van der Waals surface area contributed by atoms with Gasteiger partial charge in [0.1, 0.15) is 0 Å². The van der Waals surface area contributed by atoms with Crippen molar-refractivity contribution in [1.29, 1.82) is 0 Å². The molecule has 3 nitrogen and oxygen atoms in total. The van der Waals surface area contributed by atoms with Gasteiger partial charge in [0.05, 0.1) is 6.04 Å². The summed E-state index contributed by atoms with van der Waals surface area (Å²) >= 11 is 1.74. The van der Waals surface area contributed by atoms with Crippen LogP contribution < -0.4 is 5.73 Å². The van der Waals surface area contributed by atoms with E-state index in [2.05, 4.69) is 13.8 Å². The molecule has 0 spiro atoms. The fourth-order valence-electron chi connectivity index (χ4n) is 2.32. The molecule has 0 aromatic carbocycles. The quantitative estimate of drug-likeness (QED) is 0.819. The molecule has 1 fully saturated rings. The van der Waals surface area contributed by atoms with Crippen LogP contribution in [-0.4, -0.2) is 41.4 Å². The third-order valence-electron chi connectivity index (χ3n) is 3.37. The van der Waals surface area contributed by atoms with Crippen LogP contribution in [-0.2, 0) is 4.79 Å². The molecule has 0 aliphatic carbocycles. The molecule has 4 heteroatoms. The molecule has 2 N–H and O–H groups in total. The zero-order valence-corrected chi connectivity index (χ0v) is 11.4. The first-order valence-corrected chi connectivity index (χ1v) is 7.50. The summed E-state index contributed by atoms with van der Waals surface area (Å²) in [6, 6.07) is 0.0554. The molecule has 0 saturated carbocycles. The standard InChI is InChI=1S/C12H24N2OS/c1-9-4-6-14(10(2)8-9)12(15)11(13)5-7-16-3/h9-11H,4-8,13H2,1-3H3/t9?,10?,11-/m1/s1. The molecule has 1 aliphatic rings. The number of amides is 1. The Kier molecular flexibility index (Phi) is 5.62. The molecule has 3 atom stereocenters. The normalized spacial score (nSPS) is 27.9. The maximum Gasteiger partial charge on any atom is 0.239 e. The smallest absolute Gasteiger partial charge is 0.239 e. The molecule has 0 aromatic heterocycles. The number of rotatable bonds is 4. The Morgan fingerprint density at radius 1 is 1.56 bits per heavy atom. The first kappa shape index (κ1) is 13.8. The summed E-state index contributed by atoms with van der Waals surface area (Å²) in [6.07, 6.45) is 5.06. The monoisotopic (exact) mass is 244 g/mol. The van der Waals surface area contributed by atoms with Crippen LogP contribution in [0.4, 0.5) is 0 Å². The molecule has 0 aromatic rings. The number of likely N-dealkylation sites (tertiary alicyclic amines) is 1. The van der Waals surface area contributed by atoms with Gasteiger partial charge in [0.15, 0.2) is 0 Å². The van der Waals surface area contributed by atoms with Crippen molar-refractivity contribution in [2.45, 2.75) is 45.2 Å². The van der Waals surface area contributed by atoms with Crippen molar-refractivity contribution in [3.63, 3.8) is 0 Å². The van der Waals surface area contributed by atoms with E-state index >= 15 is 0 Å². The van der Waals surface area contributed by atoms with Crippen molar-refractivity contribution >= 4 is 17.7 Å². The van der Waals surface area contributed by atoms with E-state index in [1.165, 1.54) is 0 Å². The highest BCUT2D eigenvalue weighted by Crippen LogP contribution is 2.22. The molecule has 16 heavy (non-hydrogen) atoms. The van der Waals surface area contributed by atoms with Crippen LogP contribution in [0.2, 0.25) is 0 Å². The number of carbonyl (C=O) groups excluding carboxylic acids is 1. The fourth-order valence-corrected chi connectivity index (χ4v) is 2.81. The number of hydrogen-bond donors (Lipinski definition) is 1. The van der Waals surface area contributed by atoms with Gasteiger partial charge in [0.25, 0.3) is 0 Å². The molecule has 0 radical (unpaired) electrons. The van der Waals surface area contributed by atoms with Gasteiger partial charge in [-0.1, -0.05) is 6.92 Å². The van der Waals surface area contributed by atoms with E-state index < -0.39 is 0 Å². The summed E-state index contributed by atoms with van der Waals surface area (Å²) in [5.74, 6) is 1.85. The predicted molar refractivity (Wildman–Crippen MR) is 70.5 cm³/mol. The Hall–Kier alpha value is -0.220. The minimum Gasteiger partial charge on any atom is -0.339 e. The molecular formula is C12H24N2OS. The van der Waals surface area contributed by atoms with E-state index in [-0.39, 0.29) is 11.9 Å². The van der Waals surface area contributed by atoms with Crippen LogP contribution in [0.1, 0.15) is 33.1 Å². The third kappa shape index (κ3) is 3.67. The van der Waals surface area contributed by atoms with Crippen LogP contribution in [0, 0.1) is 5.92 Å². The molecule has 1 saturated heterocycles. The Morgan fingerprint density at radius 3 is 2.81 bits per heavy atom. The van der Waals surface area contributed by atoms with Gasteiger partial charge in [0, 0.05) is 12.6 Å². The van der Waals surface area contributed by atoms with E-state index in [0.29, 0.717) is 6.04 Å². The lowest BCUT2D eigenvalue weighted by atomic mass is 9.93. The fraction of sp³-hybridized carbons (Fsp3) is 0.917.